The SMILES string of the molecule is COc1cc2oc3c(c(=O)c2cc1OC)C(=O)c1c(ccc2cc4c(c(OC(C)=O)c12)C(=O)N1CCOC1(C)C4)C3=O. The van der Waals surface area contributed by atoms with E-state index in [1.807, 2.05) is 6.92 Å². The summed E-state index contributed by atoms with van der Waals surface area (Å²) in [6.45, 7) is 3.68. The van der Waals surface area contributed by atoms with Crippen molar-refractivity contribution in [1.82, 2.24) is 4.90 Å². The Labute approximate surface area is 237 Å². The zero-order chi connectivity index (χ0) is 29.7. The van der Waals surface area contributed by atoms with Gasteiger partial charge in [-0.1, -0.05) is 6.07 Å². The number of ether oxygens (including phenoxy) is 4. The third-order valence-electron chi connectivity index (χ3n) is 8.17. The molecule has 1 amide bonds. The third-order valence-corrected chi connectivity index (χ3v) is 8.17. The number of esters is 1. The lowest BCUT2D eigenvalue weighted by Gasteiger charge is -2.39. The summed E-state index contributed by atoms with van der Waals surface area (Å²) < 4.78 is 28.0. The average Bonchev–Trinajstić information content (AvgIpc) is 3.35. The first kappa shape index (κ1) is 25.9. The van der Waals surface area contributed by atoms with E-state index in [1.165, 1.54) is 39.3 Å². The normalized spacial score (nSPS) is 19.0. The molecular formula is C31H23NO10. The van der Waals surface area contributed by atoms with Crippen molar-refractivity contribution in [3.8, 4) is 17.2 Å². The van der Waals surface area contributed by atoms with Gasteiger partial charge in [-0.15, -0.1) is 0 Å². The van der Waals surface area contributed by atoms with Crippen LogP contribution in [0, 0.1) is 0 Å². The van der Waals surface area contributed by atoms with Crippen LogP contribution in [0.2, 0.25) is 0 Å². The highest BCUT2D eigenvalue weighted by Crippen LogP contribution is 2.45. The van der Waals surface area contributed by atoms with Gasteiger partial charge < -0.3 is 28.3 Å². The lowest BCUT2D eigenvalue weighted by molar-refractivity contribution is -0.131. The van der Waals surface area contributed by atoms with Gasteiger partial charge in [0.1, 0.15) is 16.9 Å². The van der Waals surface area contributed by atoms with Crippen LogP contribution in [0.25, 0.3) is 21.7 Å². The minimum atomic E-state index is -0.867. The Morgan fingerprint density at radius 2 is 1.69 bits per heavy atom. The minimum Gasteiger partial charge on any atom is -0.493 e. The summed E-state index contributed by atoms with van der Waals surface area (Å²) in [6.07, 6.45) is 0.325. The van der Waals surface area contributed by atoms with Gasteiger partial charge in [0.25, 0.3) is 5.91 Å². The summed E-state index contributed by atoms with van der Waals surface area (Å²) >= 11 is 0. The van der Waals surface area contributed by atoms with Crippen LogP contribution in [0.4, 0.5) is 0 Å². The number of ketones is 2. The van der Waals surface area contributed by atoms with Gasteiger partial charge in [0.05, 0.1) is 31.8 Å². The highest BCUT2D eigenvalue weighted by molar-refractivity contribution is 6.32. The van der Waals surface area contributed by atoms with Crippen molar-refractivity contribution in [1.29, 1.82) is 0 Å². The van der Waals surface area contributed by atoms with Gasteiger partial charge in [-0.3, -0.25) is 24.0 Å². The van der Waals surface area contributed by atoms with E-state index in [2.05, 4.69) is 0 Å². The molecule has 11 nitrogen and oxygen atoms in total. The van der Waals surface area contributed by atoms with Crippen LogP contribution in [0.15, 0.2) is 39.5 Å². The van der Waals surface area contributed by atoms with Crippen molar-refractivity contribution in [3.63, 3.8) is 0 Å². The van der Waals surface area contributed by atoms with Gasteiger partial charge in [0.2, 0.25) is 17.0 Å². The van der Waals surface area contributed by atoms with E-state index in [0.29, 0.717) is 30.5 Å². The van der Waals surface area contributed by atoms with E-state index in [4.69, 9.17) is 23.4 Å². The molecule has 3 aliphatic rings. The van der Waals surface area contributed by atoms with E-state index in [9.17, 15) is 24.0 Å². The Balaban J connectivity index is 1.54. The number of rotatable bonds is 3. The molecule has 0 bridgehead atoms. The smallest absolute Gasteiger partial charge is 0.308 e. The van der Waals surface area contributed by atoms with E-state index in [-0.39, 0.29) is 50.3 Å². The zero-order valence-electron chi connectivity index (χ0n) is 23.0. The quantitative estimate of drug-likeness (QED) is 0.235. The molecule has 1 fully saturated rings. The number of nitrogens with zero attached hydrogens (tertiary/aromatic N) is 1. The first-order valence-corrected chi connectivity index (χ1v) is 13.2. The van der Waals surface area contributed by atoms with E-state index >= 15 is 0 Å². The second-order valence-electron chi connectivity index (χ2n) is 10.6. The van der Waals surface area contributed by atoms with Crippen molar-refractivity contribution in [2.45, 2.75) is 26.0 Å². The minimum absolute atomic E-state index is 0.0114. The number of fused-ring (bicyclic) bond motifs is 7. The van der Waals surface area contributed by atoms with Gasteiger partial charge in [-0.2, -0.15) is 0 Å². The summed E-state index contributed by atoms with van der Waals surface area (Å²) in [5.74, 6) is -2.67. The molecule has 0 radical (unpaired) electrons. The predicted octanol–water partition coefficient (Wildman–Crippen LogP) is 3.41. The number of methoxy groups -OCH3 is 2. The third kappa shape index (κ3) is 3.34. The lowest BCUT2D eigenvalue weighted by Crippen LogP contribution is -2.51. The molecule has 3 aromatic carbocycles. The first-order chi connectivity index (χ1) is 20.1. The summed E-state index contributed by atoms with van der Waals surface area (Å²) in [5, 5.41) is 0.555. The second-order valence-corrected chi connectivity index (χ2v) is 10.6. The number of carbonyl (C=O) groups is 4. The number of benzene rings is 3. The fraction of sp³-hybridized carbons (Fsp3) is 0.258. The van der Waals surface area contributed by atoms with Gasteiger partial charge in [-0.05, 0) is 36.1 Å². The van der Waals surface area contributed by atoms with Crippen molar-refractivity contribution in [3.05, 3.63) is 74.1 Å². The number of amides is 1. The van der Waals surface area contributed by atoms with E-state index in [1.54, 1.807) is 17.0 Å². The number of carbonyl (C=O) groups excluding carboxylic acids is 4. The number of hydrogen-bond donors (Lipinski definition) is 0. The summed E-state index contributed by atoms with van der Waals surface area (Å²) in [7, 11) is 2.81. The Hall–Kier alpha value is -5.03. The fourth-order valence-electron chi connectivity index (χ4n) is 6.32. The highest BCUT2D eigenvalue weighted by Gasteiger charge is 2.48. The van der Waals surface area contributed by atoms with Gasteiger partial charge >= 0.3 is 5.97 Å². The maximum Gasteiger partial charge on any atom is 0.308 e. The van der Waals surface area contributed by atoms with E-state index < -0.39 is 45.9 Å². The van der Waals surface area contributed by atoms with Crippen LogP contribution in [-0.2, 0) is 16.0 Å². The molecule has 3 heterocycles. The molecule has 0 spiro atoms. The Morgan fingerprint density at radius 3 is 2.40 bits per heavy atom. The maximum absolute atomic E-state index is 14.2. The Bertz CT molecular complexity index is 2020. The topological polar surface area (TPSA) is 139 Å². The molecule has 212 valence electrons. The molecule has 0 saturated carbocycles. The average molecular weight is 570 g/mol. The van der Waals surface area contributed by atoms with Gasteiger partial charge in [0.15, 0.2) is 23.0 Å². The molecule has 7 rings (SSSR count). The van der Waals surface area contributed by atoms with E-state index in [0.717, 1.165) is 0 Å². The zero-order valence-corrected chi connectivity index (χ0v) is 23.0. The molecule has 4 aromatic rings. The molecule has 42 heavy (non-hydrogen) atoms. The Kier molecular flexibility index (Phi) is 5.39. The monoisotopic (exact) mass is 569 g/mol. The molecule has 1 aliphatic carbocycles. The standard InChI is InChI=1S/C31H23NO10/c1-13(33)41-28-21-14(9-15-12-31(2)32(7-8-40-31)30(37)22(15)28)5-6-16-23(21)27(36)24-25(34)17-10-19(38-3)20(39-4)11-18(17)42-29(24)26(16)35/h5-6,9-11H,7-8,12H2,1-4H3. The van der Waals surface area contributed by atoms with Crippen molar-refractivity contribution < 1.29 is 42.5 Å². The van der Waals surface area contributed by atoms with Crippen LogP contribution in [0.5, 0.6) is 17.2 Å². The molecule has 1 aromatic heterocycles. The summed E-state index contributed by atoms with van der Waals surface area (Å²) in [6, 6.07) is 7.60. The molecule has 1 atom stereocenters. The predicted molar refractivity (Wildman–Crippen MR) is 147 cm³/mol. The van der Waals surface area contributed by atoms with Crippen LogP contribution in [0.3, 0.4) is 0 Å². The van der Waals surface area contributed by atoms with Crippen molar-refractivity contribution >= 4 is 45.2 Å². The number of hydrogen-bond acceptors (Lipinski definition) is 10. The molecule has 1 unspecified atom stereocenters. The second kappa shape index (κ2) is 8.73. The first-order valence-electron chi connectivity index (χ1n) is 13.2. The van der Waals surface area contributed by atoms with Gasteiger partial charge in [-0.25, -0.2) is 0 Å². The van der Waals surface area contributed by atoms with Crippen molar-refractivity contribution in [2.24, 2.45) is 0 Å². The molecule has 11 heteroatoms. The van der Waals surface area contributed by atoms with Crippen LogP contribution in [0.1, 0.15) is 61.8 Å². The largest absolute Gasteiger partial charge is 0.493 e. The molecule has 2 aliphatic heterocycles. The van der Waals surface area contributed by atoms with Crippen LogP contribution < -0.4 is 19.6 Å². The molecule has 1 saturated heterocycles. The Morgan fingerprint density at radius 1 is 0.952 bits per heavy atom. The summed E-state index contributed by atoms with van der Waals surface area (Å²) in [5.41, 5.74) is -1.52. The lowest BCUT2D eigenvalue weighted by atomic mass is 9.81. The maximum atomic E-state index is 14.2. The van der Waals surface area contributed by atoms with Gasteiger partial charge in [0, 0.05) is 42.5 Å². The molecular weight excluding hydrogens is 546 g/mol. The fourth-order valence-corrected chi connectivity index (χ4v) is 6.32. The summed E-state index contributed by atoms with van der Waals surface area (Å²) in [4.78, 5) is 69.5. The van der Waals surface area contributed by atoms with Crippen molar-refractivity contribution in [2.75, 3.05) is 27.4 Å². The van der Waals surface area contributed by atoms with Crippen LogP contribution in [-0.4, -0.2) is 61.4 Å². The highest BCUT2D eigenvalue weighted by atomic mass is 16.5. The molecule has 0 N–H and O–H groups in total. The van der Waals surface area contributed by atoms with Crippen LogP contribution >= 0.6 is 0 Å².